The summed E-state index contributed by atoms with van der Waals surface area (Å²) in [7, 11) is 0. The fourth-order valence-corrected chi connectivity index (χ4v) is 2.09. The molecule has 0 atom stereocenters. The molecule has 18 heavy (non-hydrogen) atoms. The molecule has 0 aliphatic carbocycles. The molecular weight excluding hydrogens is 258 g/mol. The molecule has 3 nitrogen and oxygen atoms in total. The maximum Gasteiger partial charge on any atom is 0.180 e. The van der Waals surface area contributed by atoms with Gasteiger partial charge in [-0.1, -0.05) is 6.07 Å². The summed E-state index contributed by atoms with van der Waals surface area (Å²) in [5.41, 5.74) is 5.80. The zero-order chi connectivity index (χ0) is 13.3. The summed E-state index contributed by atoms with van der Waals surface area (Å²) in [6.45, 7) is 1.44. The van der Waals surface area contributed by atoms with Crippen LogP contribution in [0.5, 0.6) is 0 Å². The Morgan fingerprint density at radius 3 is 2.72 bits per heavy atom. The van der Waals surface area contributed by atoms with Crippen LogP contribution >= 0.6 is 11.3 Å². The normalized spacial score (nSPS) is 10.6. The predicted octanol–water partition coefficient (Wildman–Crippen LogP) is 2.74. The van der Waals surface area contributed by atoms with Crippen LogP contribution in [-0.4, -0.2) is 10.8 Å². The Kier molecular flexibility index (Phi) is 3.38. The molecule has 0 saturated carbocycles. The zero-order valence-electron chi connectivity index (χ0n) is 9.54. The van der Waals surface area contributed by atoms with Crippen LogP contribution in [0.25, 0.3) is 0 Å². The van der Waals surface area contributed by atoms with Crippen LogP contribution in [0.2, 0.25) is 0 Å². The largest absolute Gasteiger partial charge is 0.375 e. The Labute approximate surface area is 106 Å². The Morgan fingerprint density at radius 2 is 2.11 bits per heavy atom. The SMILES string of the molecule is Cc1ccc(C(=O)Cc2csc(N)n2)c(F)c1F. The van der Waals surface area contributed by atoms with Gasteiger partial charge in [0.2, 0.25) is 0 Å². The summed E-state index contributed by atoms with van der Waals surface area (Å²) >= 11 is 1.20. The van der Waals surface area contributed by atoms with E-state index in [1.54, 1.807) is 5.38 Å². The van der Waals surface area contributed by atoms with Gasteiger partial charge in [-0.3, -0.25) is 4.79 Å². The van der Waals surface area contributed by atoms with Crippen molar-refractivity contribution >= 4 is 22.3 Å². The standard InChI is InChI=1S/C12H10F2N2OS/c1-6-2-3-8(11(14)10(6)13)9(17)4-7-5-18-12(15)16-7/h2-3,5H,4H2,1H3,(H2,15,16). The maximum atomic E-state index is 13.6. The molecule has 0 radical (unpaired) electrons. The number of nitrogen functional groups attached to an aromatic ring is 1. The highest BCUT2D eigenvalue weighted by Crippen LogP contribution is 2.18. The molecule has 2 aromatic rings. The number of carbonyl (C=O) groups excluding carboxylic acids is 1. The van der Waals surface area contributed by atoms with Gasteiger partial charge in [-0.15, -0.1) is 11.3 Å². The minimum atomic E-state index is -1.11. The van der Waals surface area contributed by atoms with Gasteiger partial charge in [-0.2, -0.15) is 0 Å². The molecule has 1 aromatic heterocycles. The lowest BCUT2D eigenvalue weighted by atomic mass is 10.0. The number of ketones is 1. The van der Waals surface area contributed by atoms with Gasteiger partial charge in [0, 0.05) is 5.38 Å². The number of anilines is 1. The Hall–Kier alpha value is -1.82. The number of benzene rings is 1. The second kappa shape index (κ2) is 4.81. The lowest BCUT2D eigenvalue weighted by molar-refractivity contribution is 0.0987. The third-order valence-electron chi connectivity index (χ3n) is 2.49. The summed E-state index contributed by atoms with van der Waals surface area (Å²) in [5, 5.41) is 1.96. The van der Waals surface area contributed by atoms with Crippen LogP contribution in [-0.2, 0) is 6.42 Å². The average molecular weight is 268 g/mol. The van der Waals surface area contributed by atoms with E-state index >= 15 is 0 Å². The van der Waals surface area contributed by atoms with Crippen LogP contribution in [0.15, 0.2) is 17.5 Å². The number of halogens is 2. The maximum absolute atomic E-state index is 13.6. The molecule has 2 N–H and O–H groups in total. The monoisotopic (exact) mass is 268 g/mol. The van der Waals surface area contributed by atoms with Gasteiger partial charge in [0.1, 0.15) is 0 Å². The Morgan fingerprint density at radius 1 is 1.39 bits per heavy atom. The number of thiazole rings is 1. The minimum Gasteiger partial charge on any atom is -0.375 e. The average Bonchev–Trinajstić information content (AvgIpc) is 2.71. The molecule has 0 aliphatic heterocycles. The van der Waals surface area contributed by atoms with Gasteiger partial charge in [0.25, 0.3) is 0 Å². The summed E-state index contributed by atoms with van der Waals surface area (Å²) in [6.07, 6.45) is -0.0902. The highest BCUT2D eigenvalue weighted by Gasteiger charge is 2.18. The first-order chi connectivity index (χ1) is 8.49. The minimum absolute atomic E-state index is 0.0902. The van der Waals surface area contributed by atoms with Crippen molar-refractivity contribution in [2.45, 2.75) is 13.3 Å². The van der Waals surface area contributed by atoms with Crippen molar-refractivity contribution in [3.8, 4) is 0 Å². The van der Waals surface area contributed by atoms with Gasteiger partial charge in [0.05, 0.1) is 17.7 Å². The van der Waals surface area contributed by atoms with Crippen molar-refractivity contribution in [2.24, 2.45) is 0 Å². The van der Waals surface area contributed by atoms with E-state index in [9.17, 15) is 13.6 Å². The third-order valence-corrected chi connectivity index (χ3v) is 3.21. The van der Waals surface area contributed by atoms with Crippen molar-refractivity contribution in [3.63, 3.8) is 0 Å². The Balaban J connectivity index is 2.27. The number of nitrogens with two attached hydrogens (primary N) is 1. The van der Waals surface area contributed by atoms with Gasteiger partial charge in [0.15, 0.2) is 22.5 Å². The topological polar surface area (TPSA) is 56.0 Å². The van der Waals surface area contributed by atoms with Gasteiger partial charge >= 0.3 is 0 Å². The van der Waals surface area contributed by atoms with Gasteiger partial charge in [-0.25, -0.2) is 13.8 Å². The second-order valence-electron chi connectivity index (χ2n) is 3.84. The molecule has 0 spiro atoms. The lowest BCUT2D eigenvalue weighted by Crippen LogP contribution is -2.08. The van der Waals surface area contributed by atoms with E-state index in [-0.39, 0.29) is 17.5 Å². The number of Topliss-reactive ketones (excluding diaryl/α,β-unsaturated/α-hetero) is 1. The number of rotatable bonds is 3. The third kappa shape index (κ3) is 2.38. The van der Waals surface area contributed by atoms with E-state index in [4.69, 9.17) is 5.73 Å². The number of hydrogen-bond donors (Lipinski definition) is 1. The molecular formula is C12H10F2N2OS. The van der Waals surface area contributed by atoms with Gasteiger partial charge in [-0.05, 0) is 18.6 Å². The van der Waals surface area contributed by atoms with Crippen molar-refractivity contribution in [3.05, 3.63) is 46.0 Å². The molecule has 6 heteroatoms. The molecule has 0 aliphatic rings. The first-order valence-electron chi connectivity index (χ1n) is 5.16. The van der Waals surface area contributed by atoms with E-state index in [2.05, 4.69) is 4.98 Å². The van der Waals surface area contributed by atoms with E-state index in [0.29, 0.717) is 10.8 Å². The van der Waals surface area contributed by atoms with Crippen LogP contribution in [0, 0.1) is 18.6 Å². The first kappa shape index (κ1) is 12.6. The number of carbonyl (C=O) groups is 1. The van der Waals surface area contributed by atoms with Gasteiger partial charge < -0.3 is 5.73 Å². The molecule has 1 heterocycles. The quantitative estimate of drug-likeness (QED) is 0.871. The molecule has 0 fully saturated rings. The second-order valence-corrected chi connectivity index (χ2v) is 4.72. The molecule has 2 rings (SSSR count). The van der Waals surface area contributed by atoms with E-state index < -0.39 is 17.4 Å². The summed E-state index contributed by atoms with van der Waals surface area (Å²) in [5.74, 6) is -2.61. The molecule has 1 aromatic carbocycles. The fraction of sp³-hybridized carbons (Fsp3) is 0.167. The van der Waals surface area contributed by atoms with E-state index in [1.165, 1.54) is 30.4 Å². The molecule has 0 amide bonds. The predicted molar refractivity (Wildman–Crippen MR) is 65.7 cm³/mol. The van der Waals surface area contributed by atoms with Crippen LogP contribution < -0.4 is 5.73 Å². The Bertz CT molecular complexity index is 610. The zero-order valence-corrected chi connectivity index (χ0v) is 10.4. The van der Waals surface area contributed by atoms with E-state index in [0.717, 1.165) is 0 Å². The van der Waals surface area contributed by atoms with Crippen LogP contribution in [0.1, 0.15) is 21.6 Å². The lowest BCUT2D eigenvalue weighted by Gasteiger charge is -2.04. The molecule has 94 valence electrons. The summed E-state index contributed by atoms with van der Waals surface area (Å²) in [4.78, 5) is 15.7. The number of aromatic nitrogens is 1. The molecule has 0 unspecified atom stereocenters. The highest BCUT2D eigenvalue weighted by atomic mass is 32.1. The smallest absolute Gasteiger partial charge is 0.180 e. The van der Waals surface area contributed by atoms with E-state index in [1.807, 2.05) is 0 Å². The number of hydrogen-bond acceptors (Lipinski definition) is 4. The molecule has 0 bridgehead atoms. The summed E-state index contributed by atoms with van der Waals surface area (Å²) in [6, 6.07) is 2.66. The first-order valence-corrected chi connectivity index (χ1v) is 6.04. The van der Waals surface area contributed by atoms with Crippen LogP contribution in [0.4, 0.5) is 13.9 Å². The van der Waals surface area contributed by atoms with Crippen molar-refractivity contribution in [1.82, 2.24) is 4.98 Å². The van der Waals surface area contributed by atoms with Crippen LogP contribution in [0.3, 0.4) is 0 Å². The summed E-state index contributed by atoms with van der Waals surface area (Å²) < 4.78 is 26.9. The highest BCUT2D eigenvalue weighted by molar-refractivity contribution is 7.13. The number of nitrogens with zero attached hydrogens (tertiary/aromatic N) is 1. The number of aryl methyl sites for hydroxylation is 1. The van der Waals surface area contributed by atoms with Crippen molar-refractivity contribution < 1.29 is 13.6 Å². The van der Waals surface area contributed by atoms with Crippen molar-refractivity contribution in [2.75, 3.05) is 5.73 Å². The molecule has 0 saturated heterocycles. The van der Waals surface area contributed by atoms with Crippen molar-refractivity contribution in [1.29, 1.82) is 0 Å². The fourth-order valence-electron chi connectivity index (χ4n) is 1.52.